The Balaban J connectivity index is 1.45. The molecule has 3 aromatic heterocycles. The minimum absolute atomic E-state index is 0.215. The van der Waals surface area contributed by atoms with Crippen LogP contribution in [-0.4, -0.2) is 54.0 Å². The highest BCUT2D eigenvalue weighted by atomic mass is 16.3. The molecule has 23 heavy (non-hydrogen) atoms. The highest BCUT2D eigenvalue weighted by Gasteiger charge is 2.32. The van der Waals surface area contributed by atoms with Gasteiger partial charge in [-0.25, -0.2) is 9.50 Å². The van der Waals surface area contributed by atoms with Crippen LogP contribution in [0.2, 0.25) is 0 Å². The number of fused-ring (bicyclic) bond motifs is 1. The first-order valence-corrected chi connectivity index (χ1v) is 7.87. The Kier molecular flexibility index (Phi) is 3.59. The van der Waals surface area contributed by atoms with E-state index in [9.17, 15) is 5.11 Å². The van der Waals surface area contributed by atoms with Gasteiger partial charge in [-0.05, 0) is 25.5 Å². The molecule has 0 radical (unpaired) electrons. The van der Waals surface area contributed by atoms with Crippen molar-refractivity contribution in [3.8, 4) is 0 Å². The number of nitrogens with one attached hydrogen (secondary N) is 1. The van der Waals surface area contributed by atoms with Crippen molar-refractivity contribution >= 4 is 5.65 Å². The minimum Gasteiger partial charge on any atom is -0.391 e. The molecule has 7 nitrogen and oxygen atoms in total. The van der Waals surface area contributed by atoms with Crippen molar-refractivity contribution in [1.29, 1.82) is 0 Å². The first-order chi connectivity index (χ1) is 11.2. The second-order valence-electron chi connectivity index (χ2n) is 6.33. The standard InChI is InChI=1S/C16H20N6O/c1-11-5-14(20-19-11)6-12-8-21(10-15(12)23)9-13-7-18-22-4-2-3-17-16(13)22/h2-5,7,12,15,23H,6,8-10H2,1H3,(H,19,20)/t12-,15+/m1/s1. The van der Waals surface area contributed by atoms with E-state index in [0.717, 1.165) is 42.1 Å². The number of hydrogen-bond donors (Lipinski definition) is 2. The first kappa shape index (κ1) is 14.3. The number of aromatic nitrogens is 5. The van der Waals surface area contributed by atoms with Crippen LogP contribution in [0, 0.1) is 12.8 Å². The predicted octanol–water partition coefficient (Wildman–Crippen LogP) is 0.796. The number of aromatic amines is 1. The first-order valence-electron chi connectivity index (χ1n) is 7.87. The quantitative estimate of drug-likeness (QED) is 0.744. The van der Waals surface area contributed by atoms with Crippen LogP contribution in [0.5, 0.6) is 0 Å². The SMILES string of the molecule is Cc1cc(C[C@@H]2CN(Cc3cnn4cccnc34)C[C@@H]2O)n[nH]1. The van der Waals surface area contributed by atoms with Gasteiger partial charge in [-0.15, -0.1) is 0 Å². The van der Waals surface area contributed by atoms with Gasteiger partial charge in [0.05, 0.1) is 18.0 Å². The zero-order chi connectivity index (χ0) is 15.8. The maximum absolute atomic E-state index is 10.4. The number of hydrogen-bond acceptors (Lipinski definition) is 5. The molecule has 1 aliphatic rings. The van der Waals surface area contributed by atoms with Gasteiger partial charge in [0.15, 0.2) is 5.65 Å². The smallest absolute Gasteiger partial charge is 0.159 e. The Bertz CT molecular complexity index is 810. The zero-order valence-electron chi connectivity index (χ0n) is 13.1. The summed E-state index contributed by atoms with van der Waals surface area (Å²) in [6, 6.07) is 3.91. The minimum atomic E-state index is -0.318. The van der Waals surface area contributed by atoms with Crippen molar-refractivity contribution in [2.24, 2.45) is 5.92 Å². The summed E-state index contributed by atoms with van der Waals surface area (Å²) in [5, 5.41) is 21.9. The van der Waals surface area contributed by atoms with Gasteiger partial charge in [-0.1, -0.05) is 0 Å². The van der Waals surface area contributed by atoms with Crippen molar-refractivity contribution in [2.45, 2.75) is 26.0 Å². The lowest BCUT2D eigenvalue weighted by Crippen LogP contribution is -2.21. The number of H-pyrrole nitrogens is 1. The molecule has 0 unspecified atom stereocenters. The van der Waals surface area contributed by atoms with Crippen LogP contribution >= 0.6 is 0 Å². The van der Waals surface area contributed by atoms with Crippen LogP contribution in [-0.2, 0) is 13.0 Å². The molecule has 4 heterocycles. The molecule has 0 spiro atoms. The lowest BCUT2D eigenvalue weighted by atomic mass is 10.0. The maximum atomic E-state index is 10.4. The Morgan fingerprint density at radius 3 is 3.13 bits per heavy atom. The number of aliphatic hydroxyl groups is 1. The number of rotatable bonds is 4. The summed E-state index contributed by atoms with van der Waals surface area (Å²) in [5.74, 6) is 0.215. The van der Waals surface area contributed by atoms with E-state index in [0.29, 0.717) is 6.54 Å². The summed E-state index contributed by atoms with van der Waals surface area (Å²) in [6.07, 6.45) is 6.02. The number of aryl methyl sites for hydroxylation is 1. The molecule has 2 N–H and O–H groups in total. The average molecular weight is 312 g/mol. The molecule has 1 fully saturated rings. The van der Waals surface area contributed by atoms with E-state index in [1.165, 1.54) is 0 Å². The molecule has 0 saturated carbocycles. The summed E-state index contributed by atoms with van der Waals surface area (Å²) in [7, 11) is 0. The van der Waals surface area contributed by atoms with Gasteiger partial charge >= 0.3 is 0 Å². The highest BCUT2D eigenvalue weighted by molar-refractivity contribution is 5.45. The Hall–Kier alpha value is -2.25. The third-order valence-electron chi connectivity index (χ3n) is 4.46. The van der Waals surface area contributed by atoms with E-state index in [1.807, 2.05) is 31.5 Å². The van der Waals surface area contributed by atoms with E-state index >= 15 is 0 Å². The van der Waals surface area contributed by atoms with Crippen molar-refractivity contribution in [3.63, 3.8) is 0 Å². The lowest BCUT2D eigenvalue weighted by molar-refractivity contribution is 0.140. The van der Waals surface area contributed by atoms with Crippen molar-refractivity contribution in [3.05, 3.63) is 47.7 Å². The number of likely N-dealkylation sites (tertiary alicyclic amines) is 1. The fourth-order valence-corrected chi connectivity index (χ4v) is 3.35. The second-order valence-corrected chi connectivity index (χ2v) is 6.33. The molecule has 1 aliphatic heterocycles. The number of nitrogens with zero attached hydrogens (tertiary/aromatic N) is 5. The van der Waals surface area contributed by atoms with Crippen LogP contribution in [0.4, 0.5) is 0 Å². The van der Waals surface area contributed by atoms with E-state index in [4.69, 9.17) is 0 Å². The molecule has 1 saturated heterocycles. The normalized spacial score (nSPS) is 22.2. The molecule has 0 bridgehead atoms. The fraction of sp³-hybridized carbons (Fsp3) is 0.438. The molecule has 4 rings (SSSR count). The third kappa shape index (κ3) is 2.85. The van der Waals surface area contributed by atoms with Gasteiger partial charge in [0.25, 0.3) is 0 Å². The van der Waals surface area contributed by atoms with Gasteiger partial charge in [0.2, 0.25) is 0 Å². The largest absolute Gasteiger partial charge is 0.391 e. The topological polar surface area (TPSA) is 82.3 Å². The summed E-state index contributed by atoms with van der Waals surface area (Å²) >= 11 is 0. The average Bonchev–Trinajstić information content (AvgIpc) is 3.22. The molecule has 3 aromatic rings. The van der Waals surface area contributed by atoms with Crippen LogP contribution in [0.1, 0.15) is 17.0 Å². The third-order valence-corrected chi connectivity index (χ3v) is 4.46. The highest BCUT2D eigenvalue weighted by Crippen LogP contribution is 2.23. The van der Waals surface area contributed by atoms with Crippen LogP contribution in [0.15, 0.2) is 30.7 Å². The van der Waals surface area contributed by atoms with Crippen LogP contribution in [0.3, 0.4) is 0 Å². The Morgan fingerprint density at radius 2 is 2.30 bits per heavy atom. The zero-order valence-corrected chi connectivity index (χ0v) is 13.1. The van der Waals surface area contributed by atoms with Crippen molar-refractivity contribution in [2.75, 3.05) is 13.1 Å². The molecular weight excluding hydrogens is 292 g/mol. The molecule has 2 atom stereocenters. The van der Waals surface area contributed by atoms with Crippen molar-refractivity contribution in [1.82, 2.24) is 29.7 Å². The van der Waals surface area contributed by atoms with E-state index in [1.54, 1.807) is 10.7 Å². The van der Waals surface area contributed by atoms with Crippen molar-refractivity contribution < 1.29 is 5.11 Å². The monoisotopic (exact) mass is 312 g/mol. The van der Waals surface area contributed by atoms with Gasteiger partial charge < -0.3 is 5.11 Å². The second kappa shape index (κ2) is 5.75. The van der Waals surface area contributed by atoms with E-state index in [-0.39, 0.29) is 12.0 Å². The number of aliphatic hydroxyl groups excluding tert-OH is 1. The summed E-state index contributed by atoms with van der Waals surface area (Å²) in [6.45, 7) is 4.29. The van der Waals surface area contributed by atoms with Gasteiger partial charge in [-0.2, -0.15) is 10.2 Å². The summed E-state index contributed by atoms with van der Waals surface area (Å²) in [5.41, 5.74) is 4.05. The summed E-state index contributed by atoms with van der Waals surface area (Å²) < 4.78 is 1.78. The van der Waals surface area contributed by atoms with Gasteiger partial charge in [-0.3, -0.25) is 10.00 Å². The Labute approximate surface area is 134 Å². The molecule has 7 heteroatoms. The Morgan fingerprint density at radius 1 is 1.39 bits per heavy atom. The van der Waals surface area contributed by atoms with E-state index < -0.39 is 0 Å². The molecule has 0 amide bonds. The predicted molar refractivity (Wildman–Crippen MR) is 84.8 cm³/mol. The van der Waals surface area contributed by atoms with Crippen LogP contribution in [0.25, 0.3) is 5.65 Å². The summed E-state index contributed by atoms with van der Waals surface area (Å²) in [4.78, 5) is 6.65. The van der Waals surface area contributed by atoms with Gasteiger partial charge in [0, 0.05) is 49.2 Å². The fourth-order valence-electron chi connectivity index (χ4n) is 3.35. The molecule has 120 valence electrons. The number of β-amino-alcohol motifs (C(OH)–C–C–N with tert-alkyl or cyclic N) is 1. The molecule has 0 aromatic carbocycles. The molecular formula is C16H20N6O. The molecule has 0 aliphatic carbocycles. The van der Waals surface area contributed by atoms with E-state index in [2.05, 4.69) is 25.2 Å². The lowest BCUT2D eigenvalue weighted by Gasteiger charge is -2.14. The van der Waals surface area contributed by atoms with Crippen LogP contribution < -0.4 is 0 Å². The van der Waals surface area contributed by atoms with Gasteiger partial charge in [0.1, 0.15) is 0 Å². The maximum Gasteiger partial charge on any atom is 0.159 e.